The van der Waals surface area contributed by atoms with E-state index in [-0.39, 0.29) is 5.91 Å². The molecule has 2 aromatic heterocycles. The van der Waals surface area contributed by atoms with Gasteiger partial charge in [0.2, 0.25) is 0 Å². The molecule has 19 heavy (non-hydrogen) atoms. The molecule has 0 aliphatic rings. The summed E-state index contributed by atoms with van der Waals surface area (Å²) in [6, 6.07) is 9.44. The molecule has 3 aromatic rings. The third kappa shape index (κ3) is 2.28. The summed E-state index contributed by atoms with van der Waals surface area (Å²) in [6.07, 6.45) is 3.03. The Morgan fingerprint density at radius 2 is 2.16 bits per heavy atom. The molecule has 94 valence electrons. The highest BCUT2D eigenvalue weighted by atomic mass is 32.1. The van der Waals surface area contributed by atoms with E-state index >= 15 is 0 Å². The second kappa shape index (κ2) is 4.70. The Morgan fingerprint density at radius 1 is 1.26 bits per heavy atom. The van der Waals surface area contributed by atoms with Crippen molar-refractivity contribution in [3.8, 4) is 0 Å². The molecule has 0 bridgehead atoms. The number of anilines is 2. The minimum Gasteiger partial charge on any atom is -0.398 e. The zero-order valence-corrected chi connectivity index (χ0v) is 10.8. The molecule has 0 radical (unpaired) electrons. The number of hydrogen-bond donors (Lipinski definition) is 2. The van der Waals surface area contributed by atoms with Gasteiger partial charge in [0, 0.05) is 28.5 Å². The number of amides is 1. The molecule has 0 saturated carbocycles. The highest BCUT2D eigenvalue weighted by molar-refractivity contribution is 7.17. The van der Waals surface area contributed by atoms with E-state index in [2.05, 4.69) is 10.3 Å². The topological polar surface area (TPSA) is 68.0 Å². The first-order valence-electron chi connectivity index (χ1n) is 5.72. The van der Waals surface area contributed by atoms with Gasteiger partial charge in [0.15, 0.2) is 0 Å². The number of nitrogen functional groups attached to an aromatic ring is 1. The van der Waals surface area contributed by atoms with Gasteiger partial charge >= 0.3 is 0 Å². The third-order valence-corrected chi connectivity index (χ3v) is 3.71. The van der Waals surface area contributed by atoms with E-state index in [1.807, 2.05) is 29.6 Å². The maximum Gasteiger partial charge on any atom is 0.259 e. The Labute approximate surface area is 113 Å². The van der Waals surface area contributed by atoms with Gasteiger partial charge < -0.3 is 11.1 Å². The fourth-order valence-corrected chi connectivity index (χ4v) is 2.61. The summed E-state index contributed by atoms with van der Waals surface area (Å²) < 4.78 is 1.19. The number of fused-ring (bicyclic) bond motifs is 1. The Hall–Kier alpha value is -2.40. The largest absolute Gasteiger partial charge is 0.398 e. The molecule has 0 atom stereocenters. The third-order valence-electron chi connectivity index (χ3n) is 2.81. The molecule has 0 aliphatic heterocycles. The number of thiophene rings is 1. The van der Waals surface area contributed by atoms with Crippen LogP contribution in [0.3, 0.4) is 0 Å². The lowest BCUT2D eigenvalue weighted by Crippen LogP contribution is -2.14. The molecule has 0 aliphatic carbocycles. The van der Waals surface area contributed by atoms with Gasteiger partial charge in [-0.25, -0.2) is 0 Å². The van der Waals surface area contributed by atoms with Gasteiger partial charge in [-0.3, -0.25) is 9.78 Å². The van der Waals surface area contributed by atoms with Crippen LogP contribution < -0.4 is 11.1 Å². The van der Waals surface area contributed by atoms with Crippen LogP contribution in [-0.4, -0.2) is 10.9 Å². The lowest BCUT2D eigenvalue weighted by atomic mass is 10.2. The van der Waals surface area contributed by atoms with E-state index < -0.39 is 0 Å². The van der Waals surface area contributed by atoms with E-state index in [0.29, 0.717) is 11.3 Å². The standard InChI is InChI=1S/C14H11N3OS/c15-12-3-5-16-8-11(12)14(18)17-10-1-2-13-9(7-10)4-6-19-13/h1-8H,(H2,15,16)(H,17,18). The van der Waals surface area contributed by atoms with Gasteiger partial charge in [-0.2, -0.15) is 0 Å². The average molecular weight is 269 g/mol. The maximum atomic E-state index is 12.1. The summed E-state index contributed by atoms with van der Waals surface area (Å²) in [5, 5.41) is 5.96. The second-order valence-corrected chi connectivity index (χ2v) is 5.04. The number of benzene rings is 1. The monoisotopic (exact) mass is 269 g/mol. The number of hydrogen-bond acceptors (Lipinski definition) is 4. The van der Waals surface area contributed by atoms with Crippen LogP contribution in [0.15, 0.2) is 48.1 Å². The number of nitrogens with zero attached hydrogens (tertiary/aromatic N) is 1. The van der Waals surface area contributed by atoms with Crippen LogP contribution in [0, 0.1) is 0 Å². The van der Waals surface area contributed by atoms with Crippen molar-refractivity contribution in [3.05, 3.63) is 53.7 Å². The summed E-state index contributed by atoms with van der Waals surface area (Å²) in [4.78, 5) is 16.0. The number of carbonyl (C=O) groups excluding carboxylic acids is 1. The van der Waals surface area contributed by atoms with Gasteiger partial charge in [-0.15, -0.1) is 11.3 Å². The predicted octanol–water partition coefficient (Wildman–Crippen LogP) is 3.13. The fourth-order valence-electron chi connectivity index (χ4n) is 1.84. The van der Waals surface area contributed by atoms with Crippen molar-refractivity contribution >= 4 is 38.7 Å². The zero-order chi connectivity index (χ0) is 13.2. The lowest BCUT2D eigenvalue weighted by Gasteiger charge is -2.07. The number of rotatable bonds is 2. The number of pyridine rings is 1. The Balaban J connectivity index is 1.88. The van der Waals surface area contributed by atoms with E-state index in [0.717, 1.165) is 11.1 Å². The van der Waals surface area contributed by atoms with Crippen molar-refractivity contribution < 1.29 is 4.79 Å². The van der Waals surface area contributed by atoms with Crippen molar-refractivity contribution in [2.75, 3.05) is 11.1 Å². The van der Waals surface area contributed by atoms with Crippen LogP contribution in [0.1, 0.15) is 10.4 Å². The van der Waals surface area contributed by atoms with Crippen LogP contribution in [0.2, 0.25) is 0 Å². The van der Waals surface area contributed by atoms with Crippen LogP contribution in [0.25, 0.3) is 10.1 Å². The maximum absolute atomic E-state index is 12.1. The highest BCUT2D eigenvalue weighted by Crippen LogP contribution is 2.24. The molecule has 3 N–H and O–H groups in total. The summed E-state index contributed by atoms with van der Waals surface area (Å²) in [5.74, 6) is -0.250. The van der Waals surface area contributed by atoms with Gasteiger partial charge in [0.25, 0.3) is 5.91 Å². The van der Waals surface area contributed by atoms with Crippen LogP contribution in [0.4, 0.5) is 11.4 Å². The molecule has 4 nitrogen and oxygen atoms in total. The molecule has 0 fully saturated rings. The smallest absolute Gasteiger partial charge is 0.259 e. The SMILES string of the molecule is Nc1ccncc1C(=O)Nc1ccc2sccc2c1. The Kier molecular flexibility index (Phi) is 2.89. The minimum atomic E-state index is -0.250. The van der Waals surface area contributed by atoms with Crippen molar-refractivity contribution in [2.45, 2.75) is 0 Å². The first-order chi connectivity index (χ1) is 9.24. The molecule has 1 aromatic carbocycles. The minimum absolute atomic E-state index is 0.250. The van der Waals surface area contributed by atoms with E-state index in [4.69, 9.17) is 5.73 Å². The summed E-state index contributed by atoms with van der Waals surface area (Å²) in [5.41, 5.74) is 7.30. The molecular formula is C14H11N3OS. The fraction of sp³-hybridized carbons (Fsp3) is 0. The number of carbonyl (C=O) groups is 1. The first kappa shape index (κ1) is 11.7. The summed E-state index contributed by atoms with van der Waals surface area (Å²) in [6.45, 7) is 0. The molecule has 5 heteroatoms. The molecule has 1 amide bonds. The predicted molar refractivity (Wildman–Crippen MR) is 78.4 cm³/mol. The van der Waals surface area contributed by atoms with Gasteiger partial charge in [-0.1, -0.05) is 0 Å². The first-order valence-corrected chi connectivity index (χ1v) is 6.60. The average Bonchev–Trinajstić information content (AvgIpc) is 2.86. The van der Waals surface area contributed by atoms with Crippen molar-refractivity contribution in [3.63, 3.8) is 0 Å². The lowest BCUT2D eigenvalue weighted by molar-refractivity contribution is 0.102. The van der Waals surface area contributed by atoms with Crippen LogP contribution in [-0.2, 0) is 0 Å². The van der Waals surface area contributed by atoms with E-state index in [1.165, 1.54) is 10.9 Å². The second-order valence-electron chi connectivity index (χ2n) is 4.09. The zero-order valence-electron chi connectivity index (χ0n) is 9.96. The number of nitrogens with two attached hydrogens (primary N) is 1. The van der Waals surface area contributed by atoms with Gasteiger partial charge in [0.05, 0.1) is 5.56 Å². The van der Waals surface area contributed by atoms with Gasteiger partial charge in [-0.05, 0) is 41.1 Å². The number of aromatic nitrogens is 1. The van der Waals surface area contributed by atoms with E-state index in [1.54, 1.807) is 23.6 Å². The van der Waals surface area contributed by atoms with Crippen molar-refractivity contribution in [2.24, 2.45) is 0 Å². The summed E-state index contributed by atoms with van der Waals surface area (Å²) >= 11 is 1.67. The van der Waals surface area contributed by atoms with Crippen molar-refractivity contribution in [1.82, 2.24) is 4.98 Å². The molecule has 0 unspecified atom stereocenters. The molecule has 0 saturated heterocycles. The molecular weight excluding hydrogens is 258 g/mol. The molecule has 3 rings (SSSR count). The highest BCUT2D eigenvalue weighted by Gasteiger charge is 2.10. The molecule has 2 heterocycles. The summed E-state index contributed by atoms with van der Waals surface area (Å²) in [7, 11) is 0. The molecule has 0 spiro atoms. The van der Waals surface area contributed by atoms with Crippen molar-refractivity contribution in [1.29, 1.82) is 0 Å². The quantitative estimate of drug-likeness (QED) is 0.751. The van der Waals surface area contributed by atoms with Gasteiger partial charge in [0.1, 0.15) is 0 Å². The Bertz CT molecular complexity index is 751. The van der Waals surface area contributed by atoms with E-state index in [9.17, 15) is 4.79 Å². The van der Waals surface area contributed by atoms with Crippen LogP contribution >= 0.6 is 11.3 Å². The number of nitrogens with one attached hydrogen (secondary N) is 1. The Morgan fingerprint density at radius 3 is 3.00 bits per heavy atom. The van der Waals surface area contributed by atoms with Crippen LogP contribution in [0.5, 0.6) is 0 Å². The normalized spacial score (nSPS) is 10.5.